The highest BCUT2D eigenvalue weighted by atomic mass is 19.3. The summed E-state index contributed by atoms with van der Waals surface area (Å²) in [5.74, 6) is -1.23. The summed E-state index contributed by atoms with van der Waals surface area (Å²) in [6.07, 6.45) is -3.35. The molecule has 66 valence electrons. The molecule has 1 aromatic rings. The van der Waals surface area contributed by atoms with Crippen molar-refractivity contribution in [2.24, 2.45) is 0 Å². The van der Waals surface area contributed by atoms with Crippen LogP contribution in [0.5, 0.6) is 5.75 Å². The van der Waals surface area contributed by atoms with Gasteiger partial charge < -0.3 is 4.74 Å². The van der Waals surface area contributed by atoms with Crippen molar-refractivity contribution < 1.29 is 17.9 Å². The normalized spacial score (nSPS) is 11.3. The van der Waals surface area contributed by atoms with Gasteiger partial charge in [0, 0.05) is 6.92 Å². The fraction of sp³-hybridized carbons (Fsp3) is 0.250. The molecule has 0 unspecified atom stereocenters. The molecule has 1 rings (SSSR count). The minimum atomic E-state index is -3.35. The predicted molar refractivity (Wildman–Crippen MR) is 37.6 cm³/mol. The second-order valence-corrected chi connectivity index (χ2v) is 2.34. The first-order valence-corrected chi connectivity index (χ1v) is 3.30. The van der Waals surface area contributed by atoms with Gasteiger partial charge >= 0.3 is 6.11 Å². The zero-order valence-corrected chi connectivity index (χ0v) is 6.35. The van der Waals surface area contributed by atoms with E-state index in [9.17, 15) is 13.2 Å². The van der Waals surface area contributed by atoms with Crippen LogP contribution in [0.4, 0.5) is 13.2 Å². The van der Waals surface area contributed by atoms with Crippen molar-refractivity contribution in [1.82, 2.24) is 0 Å². The molecule has 0 spiro atoms. The molecule has 0 aliphatic heterocycles. The lowest BCUT2D eigenvalue weighted by molar-refractivity contribution is -0.160. The fourth-order valence-electron chi connectivity index (χ4n) is 0.721. The van der Waals surface area contributed by atoms with Gasteiger partial charge in [0.2, 0.25) is 0 Å². The molecule has 0 amide bonds. The Hall–Kier alpha value is -1.19. The van der Waals surface area contributed by atoms with Gasteiger partial charge in [-0.25, -0.2) is 4.39 Å². The maximum Gasteiger partial charge on any atom is 0.395 e. The van der Waals surface area contributed by atoms with Crippen molar-refractivity contribution in [3.63, 3.8) is 0 Å². The lowest BCUT2D eigenvalue weighted by Gasteiger charge is -2.12. The van der Waals surface area contributed by atoms with Crippen LogP contribution in [0.1, 0.15) is 6.92 Å². The average molecular weight is 176 g/mol. The largest absolute Gasteiger partial charge is 0.430 e. The Kier molecular flexibility index (Phi) is 2.26. The molecule has 4 heteroatoms. The zero-order chi connectivity index (χ0) is 9.19. The second kappa shape index (κ2) is 3.05. The van der Waals surface area contributed by atoms with E-state index in [1.54, 1.807) is 0 Å². The minimum Gasteiger partial charge on any atom is -0.430 e. The monoisotopic (exact) mass is 176 g/mol. The van der Waals surface area contributed by atoms with E-state index in [-0.39, 0.29) is 0 Å². The van der Waals surface area contributed by atoms with Crippen LogP contribution in [-0.4, -0.2) is 6.11 Å². The van der Waals surface area contributed by atoms with Crippen molar-refractivity contribution in [3.05, 3.63) is 30.1 Å². The van der Waals surface area contributed by atoms with Crippen LogP contribution in [0, 0.1) is 5.82 Å². The Morgan fingerprint density at radius 3 is 2.33 bits per heavy atom. The zero-order valence-electron chi connectivity index (χ0n) is 6.35. The Labute approximate surface area is 67.8 Å². The Balaban J connectivity index is 2.83. The topological polar surface area (TPSA) is 9.23 Å². The molecule has 0 N–H and O–H groups in total. The van der Waals surface area contributed by atoms with Crippen LogP contribution in [-0.2, 0) is 0 Å². The van der Waals surface area contributed by atoms with Gasteiger partial charge in [-0.3, -0.25) is 0 Å². The molecule has 0 aliphatic carbocycles. The number of hydrogen-bond donors (Lipinski definition) is 0. The van der Waals surface area contributed by atoms with Gasteiger partial charge in [-0.15, -0.1) is 0 Å². The van der Waals surface area contributed by atoms with E-state index in [0.717, 1.165) is 12.1 Å². The molecule has 0 aromatic heterocycles. The molecule has 1 nitrogen and oxygen atoms in total. The number of ether oxygens (including phenoxy) is 1. The quantitative estimate of drug-likeness (QED) is 0.673. The summed E-state index contributed by atoms with van der Waals surface area (Å²) in [6, 6.07) is 5.02. The minimum absolute atomic E-state index is 0.440. The third-order valence-electron chi connectivity index (χ3n) is 1.13. The molecular formula is C8H7F3O. The van der Waals surface area contributed by atoms with Gasteiger partial charge in [-0.1, -0.05) is 12.1 Å². The smallest absolute Gasteiger partial charge is 0.395 e. The molecule has 0 aliphatic rings. The summed E-state index contributed by atoms with van der Waals surface area (Å²) >= 11 is 0. The van der Waals surface area contributed by atoms with Crippen LogP contribution in [0.3, 0.4) is 0 Å². The standard InChI is InChI=1S/C8H7F3O/c1-8(10,11)12-7-5-3-2-4-6(7)9/h2-5H,1H3. The summed E-state index contributed by atoms with van der Waals surface area (Å²) in [6.45, 7) is 0.555. The van der Waals surface area contributed by atoms with E-state index in [0.29, 0.717) is 6.92 Å². The summed E-state index contributed by atoms with van der Waals surface area (Å²) in [5.41, 5.74) is 0. The van der Waals surface area contributed by atoms with Crippen LogP contribution >= 0.6 is 0 Å². The molecule has 0 bridgehead atoms. The second-order valence-electron chi connectivity index (χ2n) is 2.34. The van der Waals surface area contributed by atoms with Crippen LogP contribution < -0.4 is 4.74 Å². The third kappa shape index (κ3) is 2.45. The number of alkyl halides is 2. The van der Waals surface area contributed by atoms with Crippen molar-refractivity contribution in [3.8, 4) is 5.75 Å². The first-order valence-electron chi connectivity index (χ1n) is 3.30. The Morgan fingerprint density at radius 1 is 1.25 bits per heavy atom. The maximum atomic E-state index is 12.7. The number of rotatable bonds is 2. The van der Waals surface area contributed by atoms with Crippen molar-refractivity contribution in [2.45, 2.75) is 13.0 Å². The number of para-hydroxylation sites is 1. The average Bonchev–Trinajstić information content (AvgIpc) is 1.91. The Bertz CT molecular complexity index is 267. The molecule has 0 heterocycles. The lowest BCUT2D eigenvalue weighted by Crippen LogP contribution is -2.19. The van der Waals surface area contributed by atoms with E-state index < -0.39 is 17.7 Å². The lowest BCUT2D eigenvalue weighted by atomic mass is 10.3. The molecule has 0 saturated heterocycles. The van der Waals surface area contributed by atoms with Gasteiger partial charge in [-0.2, -0.15) is 8.78 Å². The molecule has 0 radical (unpaired) electrons. The molecule has 1 aromatic carbocycles. The predicted octanol–water partition coefficient (Wildman–Crippen LogP) is 2.82. The first-order chi connectivity index (χ1) is 5.49. The highest BCUT2D eigenvalue weighted by Gasteiger charge is 2.24. The summed E-state index contributed by atoms with van der Waals surface area (Å²) in [7, 11) is 0. The summed E-state index contributed by atoms with van der Waals surface area (Å²) in [5, 5.41) is 0. The van der Waals surface area contributed by atoms with E-state index in [2.05, 4.69) is 4.74 Å². The third-order valence-corrected chi connectivity index (χ3v) is 1.13. The van der Waals surface area contributed by atoms with Gasteiger partial charge in [0.1, 0.15) is 0 Å². The SMILES string of the molecule is CC(F)(F)Oc1ccccc1F. The van der Waals surface area contributed by atoms with Crippen LogP contribution in [0.2, 0.25) is 0 Å². The van der Waals surface area contributed by atoms with Crippen LogP contribution in [0.25, 0.3) is 0 Å². The van der Waals surface area contributed by atoms with E-state index >= 15 is 0 Å². The number of benzene rings is 1. The highest BCUT2D eigenvalue weighted by Crippen LogP contribution is 2.23. The summed E-state index contributed by atoms with van der Waals surface area (Å²) < 4.78 is 41.1. The van der Waals surface area contributed by atoms with E-state index in [1.165, 1.54) is 12.1 Å². The number of hydrogen-bond acceptors (Lipinski definition) is 1. The van der Waals surface area contributed by atoms with Crippen LogP contribution in [0.15, 0.2) is 24.3 Å². The van der Waals surface area contributed by atoms with Gasteiger partial charge in [0.25, 0.3) is 0 Å². The van der Waals surface area contributed by atoms with E-state index in [1.807, 2.05) is 0 Å². The molecule has 12 heavy (non-hydrogen) atoms. The fourth-order valence-corrected chi connectivity index (χ4v) is 0.721. The van der Waals surface area contributed by atoms with E-state index in [4.69, 9.17) is 0 Å². The molecule has 0 saturated carbocycles. The molecule has 0 atom stereocenters. The van der Waals surface area contributed by atoms with Gasteiger partial charge in [0.05, 0.1) is 0 Å². The first kappa shape index (κ1) is 8.90. The molecular weight excluding hydrogens is 169 g/mol. The van der Waals surface area contributed by atoms with Crippen molar-refractivity contribution >= 4 is 0 Å². The van der Waals surface area contributed by atoms with Crippen molar-refractivity contribution in [2.75, 3.05) is 0 Å². The molecule has 0 fully saturated rings. The Morgan fingerprint density at radius 2 is 1.83 bits per heavy atom. The summed E-state index contributed by atoms with van der Waals surface area (Å²) in [4.78, 5) is 0. The number of halogens is 3. The van der Waals surface area contributed by atoms with Gasteiger partial charge in [0.15, 0.2) is 11.6 Å². The highest BCUT2D eigenvalue weighted by molar-refractivity contribution is 5.23. The maximum absolute atomic E-state index is 12.7. The van der Waals surface area contributed by atoms with Gasteiger partial charge in [-0.05, 0) is 12.1 Å². The van der Waals surface area contributed by atoms with Crippen molar-refractivity contribution in [1.29, 1.82) is 0 Å².